The van der Waals surface area contributed by atoms with Crippen LogP contribution in [-0.2, 0) is 15.0 Å². The van der Waals surface area contributed by atoms with Crippen molar-refractivity contribution in [3.05, 3.63) is 75.9 Å². The van der Waals surface area contributed by atoms with Crippen LogP contribution in [0.5, 0.6) is 0 Å². The number of aliphatic hydroxyl groups excluding tert-OH is 1. The van der Waals surface area contributed by atoms with Gasteiger partial charge in [-0.3, -0.25) is 9.59 Å². The molecule has 1 fully saturated rings. The second-order valence-electron chi connectivity index (χ2n) is 10.2. The Morgan fingerprint density at radius 3 is 2.29 bits per heavy atom. The lowest BCUT2D eigenvalue weighted by Gasteiger charge is -2.28. The molecule has 0 saturated carbocycles. The number of hydrogen-bond donors (Lipinski definition) is 1. The van der Waals surface area contributed by atoms with Gasteiger partial charge >= 0.3 is 0 Å². The molecule has 1 unspecified atom stereocenters. The molecule has 2 aromatic carbocycles. The van der Waals surface area contributed by atoms with Crippen LogP contribution in [0.3, 0.4) is 0 Å². The van der Waals surface area contributed by atoms with Crippen molar-refractivity contribution in [3.63, 3.8) is 0 Å². The number of carbonyl (C=O) groups is 2. The van der Waals surface area contributed by atoms with E-state index in [-0.39, 0.29) is 16.7 Å². The average molecular weight is 463 g/mol. The third-order valence-corrected chi connectivity index (χ3v) is 6.81. The summed E-state index contributed by atoms with van der Waals surface area (Å²) >= 11 is 0. The molecule has 3 rings (SSSR count). The number of aliphatic hydroxyl groups is 1. The van der Waals surface area contributed by atoms with Crippen LogP contribution in [0.4, 0.5) is 0 Å². The molecule has 0 aromatic heterocycles. The maximum absolute atomic E-state index is 13.4. The Labute approximate surface area is 204 Å². The summed E-state index contributed by atoms with van der Waals surface area (Å²) in [6.07, 6.45) is 0. The number of amides is 1. The standard InChI is InChI=1S/C29H38N2O3/c1-8-30(9-2)15-16-31-25(21-12-10-11-19(3)17-21)24(27(33)28(31)34)26(32)23-18-22(29(5,6)7)14-13-20(23)4/h10-14,17-18,25,32H,8-9,15-16H2,1-7H3/b26-24+. The average Bonchev–Trinajstić information content (AvgIpc) is 3.04. The summed E-state index contributed by atoms with van der Waals surface area (Å²) in [6.45, 7) is 17.2. The zero-order chi connectivity index (χ0) is 25.2. The molecule has 5 nitrogen and oxygen atoms in total. The van der Waals surface area contributed by atoms with Gasteiger partial charge < -0.3 is 14.9 Å². The molecule has 0 spiro atoms. The first kappa shape index (κ1) is 25.7. The summed E-state index contributed by atoms with van der Waals surface area (Å²) in [5, 5.41) is 11.5. The van der Waals surface area contributed by atoms with Crippen molar-refractivity contribution in [3.8, 4) is 0 Å². The molecule has 1 N–H and O–H groups in total. The van der Waals surface area contributed by atoms with E-state index < -0.39 is 17.7 Å². The van der Waals surface area contributed by atoms with Crippen LogP contribution in [0, 0.1) is 13.8 Å². The highest BCUT2D eigenvalue weighted by atomic mass is 16.3. The molecule has 1 aliphatic heterocycles. The van der Waals surface area contributed by atoms with Gasteiger partial charge in [-0.15, -0.1) is 0 Å². The summed E-state index contributed by atoms with van der Waals surface area (Å²) < 4.78 is 0. The van der Waals surface area contributed by atoms with Crippen molar-refractivity contribution in [2.24, 2.45) is 0 Å². The molecule has 1 heterocycles. The monoisotopic (exact) mass is 462 g/mol. The van der Waals surface area contributed by atoms with Crippen LogP contribution in [0.15, 0.2) is 48.0 Å². The fraction of sp³-hybridized carbons (Fsp3) is 0.448. The van der Waals surface area contributed by atoms with E-state index in [1.54, 1.807) is 4.90 Å². The summed E-state index contributed by atoms with van der Waals surface area (Å²) in [4.78, 5) is 30.4. The predicted molar refractivity (Wildman–Crippen MR) is 138 cm³/mol. The van der Waals surface area contributed by atoms with Gasteiger partial charge in [0.05, 0.1) is 11.6 Å². The maximum atomic E-state index is 13.4. The molecule has 2 aromatic rings. The Balaban J connectivity index is 2.18. The number of nitrogens with zero attached hydrogens (tertiary/aromatic N) is 2. The van der Waals surface area contributed by atoms with Gasteiger partial charge in [-0.2, -0.15) is 0 Å². The lowest BCUT2D eigenvalue weighted by molar-refractivity contribution is -0.140. The van der Waals surface area contributed by atoms with Crippen LogP contribution in [0.1, 0.15) is 68.5 Å². The van der Waals surface area contributed by atoms with Crippen molar-refractivity contribution in [1.29, 1.82) is 0 Å². The van der Waals surface area contributed by atoms with Gasteiger partial charge in [0.2, 0.25) is 0 Å². The van der Waals surface area contributed by atoms with E-state index in [0.29, 0.717) is 18.7 Å². The SMILES string of the molecule is CCN(CC)CCN1C(=O)C(=O)/C(=C(/O)c2cc(C(C)(C)C)ccc2C)C1c1cccc(C)c1. The molecule has 0 aliphatic carbocycles. The van der Waals surface area contributed by atoms with Crippen LogP contribution in [-0.4, -0.2) is 52.8 Å². The Morgan fingerprint density at radius 2 is 1.71 bits per heavy atom. The number of carbonyl (C=O) groups excluding carboxylic acids is 2. The normalized spacial score (nSPS) is 18.2. The van der Waals surface area contributed by atoms with E-state index in [2.05, 4.69) is 39.5 Å². The number of benzene rings is 2. The maximum Gasteiger partial charge on any atom is 0.295 e. The molecule has 1 amide bonds. The fourth-order valence-corrected chi connectivity index (χ4v) is 4.58. The number of ketones is 1. The van der Waals surface area contributed by atoms with Crippen LogP contribution < -0.4 is 0 Å². The number of likely N-dealkylation sites (N-methyl/N-ethyl adjacent to an activating group) is 1. The van der Waals surface area contributed by atoms with Gasteiger partial charge in [0.15, 0.2) is 0 Å². The number of rotatable bonds is 7. The summed E-state index contributed by atoms with van der Waals surface area (Å²) in [5.41, 5.74) is 4.46. The third kappa shape index (κ3) is 5.10. The highest BCUT2D eigenvalue weighted by Crippen LogP contribution is 2.40. The van der Waals surface area contributed by atoms with Crippen molar-refractivity contribution in [1.82, 2.24) is 9.80 Å². The molecule has 1 saturated heterocycles. The number of hydrogen-bond acceptors (Lipinski definition) is 4. The minimum atomic E-state index is -0.621. The topological polar surface area (TPSA) is 60.9 Å². The van der Waals surface area contributed by atoms with Crippen molar-refractivity contribution in [2.45, 2.75) is 59.9 Å². The highest BCUT2D eigenvalue weighted by molar-refractivity contribution is 6.46. The first-order valence-corrected chi connectivity index (χ1v) is 12.2. The largest absolute Gasteiger partial charge is 0.507 e. The Hall–Kier alpha value is -2.92. The van der Waals surface area contributed by atoms with Gasteiger partial charge in [-0.05, 0) is 55.1 Å². The zero-order valence-electron chi connectivity index (χ0n) is 21.6. The highest BCUT2D eigenvalue weighted by Gasteiger charge is 2.46. The van der Waals surface area contributed by atoms with E-state index >= 15 is 0 Å². The zero-order valence-corrected chi connectivity index (χ0v) is 21.6. The number of aryl methyl sites for hydroxylation is 2. The molecule has 0 bridgehead atoms. The lowest BCUT2D eigenvalue weighted by Crippen LogP contribution is -2.38. The summed E-state index contributed by atoms with van der Waals surface area (Å²) in [6, 6.07) is 13.2. The number of Topliss-reactive ketones (excluding diaryl/α,β-unsaturated/α-hetero) is 1. The lowest BCUT2D eigenvalue weighted by atomic mass is 9.84. The Bertz CT molecular complexity index is 1110. The minimum Gasteiger partial charge on any atom is -0.507 e. The summed E-state index contributed by atoms with van der Waals surface area (Å²) in [7, 11) is 0. The smallest absolute Gasteiger partial charge is 0.295 e. The minimum absolute atomic E-state index is 0.0983. The second-order valence-corrected chi connectivity index (χ2v) is 10.2. The van der Waals surface area contributed by atoms with Gasteiger partial charge in [-0.1, -0.05) is 76.6 Å². The van der Waals surface area contributed by atoms with Gasteiger partial charge in [-0.25, -0.2) is 0 Å². The Morgan fingerprint density at radius 1 is 1.03 bits per heavy atom. The van der Waals surface area contributed by atoms with E-state index in [1.165, 1.54) is 0 Å². The third-order valence-electron chi connectivity index (χ3n) is 6.81. The van der Waals surface area contributed by atoms with Gasteiger partial charge in [0.25, 0.3) is 11.7 Å². The molecule has 1 aliphatic rings. The van der Waals surface area contributed by atoms with Gasteiger partial charge in [0.1, 0.15) is 5.76 Å². The Kier molecular flexibility index (Phi) is 7.67. The molecule has 34 heavy (non-hydrogen) atoms. The van der Waals surface area contributed by atoms with E-state index in [1.807, 2.05) is 56.3 Å². The molecule has 1 atom stereocenters. The van der Waals surface area contributed by atoms with Gasteiger partial charge in [0, 0.05) is 18.7 Å². The first-order chi connectivity index (χ1) is 16.0. The summed E-state index contributed by atoms with van der Waals surface area (Å²) in [5.74, 6) is -1.27. The molecule has 182 valence electrons. The van der Waals surface area contributed by atoms with Crippen molar-refractivity contribution in [2.75, 3.05) is 26.2 Å². The number of likely N-dealkylation sites (tertiary alicyclic amines) is 1. The predicted octanol–water partition coefficient (Wildman–Crippen LogP) is 5.36. The molecular weight excluding hydrogens is 424 g/mol. The quantitative estimate of drug-likeness (QED) is 0.342. The van der Waals surface area contributed by atoms with Crippen LogP contribution in [0.25, 0.3) is 5.76 Å². The van der Waals surface area contributed by atoms with Crippen molar-refractivity contribution >= 4 is 17.4 Å². The molecule has 5 heteroatoms. The van der Waals surface area contributed by atoms with E-state index in [0.717, 1.165) is 35.3 Å². The molecular formula is C29H38N2O3. The van der Waals surface area contributed by atoms with Crippen LogP contribution >= 0.6 is 0 Å². The van der Waals surface area contributed by atoms with E-state index in [4.69, 9.17) is 0 Å². The van der Waals surface area contributed by atoms with E-state index in [9.17, 15) is 14.7 Å². The fourth-order valence-electron chi connectivity index (χ4n) is 4.58. The first-order valence-electron chi connectivity index (χ1n) is 12.2. The molecule has 0 radical (unpaired) electrons. The van der Waals surface area contributed by atoms with Crippen LogP contribution in [0.2, 0.25) is 0 Å². The second kappa shape index (κ2) is 10.1. The van der Waals surface area contributed by atoms with Crippen molar-refractivity contribution < 1.29 is 14.7 Å².